The molecule has 0 saturated carbocycles. The van der Waals surface area contributed by atoms with Crippen molar-refractivity contribution < 1.29 is 0 Å². The van der Waals surface area contributed by atoms with Gasteiger partial charge in [-0.05, 0) is 43.2 Å². The van der Waals surface area contributed by atoms with Crippen molar-refractivity contribution in [3.05, 3.63) is 64.3 Å². The lowest BCUT2D eigenvalue weighted by Gasteiger charge is -2.02. The molecule has 0 amide bonds. The molecule has 22 heavy (non-hydrogen) atoms. The van der Waals surface area contributed by atoms with Crippen molar-refractivity contribution in [3.8, 4) is 0 Å². The number of hydrogen-bond acceptors (Lipinski definition) is 2. The molecule has 3 rings (SSSR count). The molecule has 1 atom stereocenters. The van der Waals surface area contributed by atoms with E-state index in [-0.39, 0.29) is 6.04 Å². The zero-order valence-electron chi connectivity index (χ0n) is 12.2. The van der Waals surface area contributed by atoms with Crippen LogP contribution in [0.1, 0.15) is 12.5 Å². The summed E-state index contributed by atoms with van der Waals surface area (Å²) in [5.74, 6) is 0. The third-order valence-electron chi connectivity index (χ3n) is 3.06. The summed E-state index contributed by atoms with van der Waals surface area (Å²) in [4.78, 5) is 4.02. The molecule has 1 aromatic heterocycles. The molecule has 5 heteroatoms. The smallest absolute Gasteiger partial charge is 0.0456 e. The van der Waals surface area contributed by atoms with Crippen LogP contribution in [-0.2, 0) is 6.42 Å². The number of aromatic amines is 1. The minimum Gasteiger partial charge on any atom is -0.361 e. The van der Waals surface area contributed by atoms with Crippen LogP contribution in [0.2, 0.25) is 10.0 Å². The van der Waals surface area contributed by atoms with E-state index in [0.717, 1.165) is 11.3 Å². The molecule has 0 spiro atoms. The Hall–Kier alpha value is -1.13. The topological polar surface area (TPSA) is 41.8 Å². The number of rotatable bonds is 2. The van der Waals surface area contributed by atoms with Crippen LogP contribution in [0.15, 0.2) is 53.6 Å². The first-order valence-corrected chi connectivity index (χ1v) is 8.11. The number of fused-ring (bicyclic) bond motifs is 1. The first-order chi connectivity index (χ1) is 10.5. The Kier molecular flexibility index (Phi) is 6.21. The van der Waals surface area contributed by atoms with E-state index >= 15 is 0 Å². The van der Waals surface area contributed by atoms with E-state index in [4.69, 9.17) is 28.9 Å². The van der Waals surface area contributed by atoms with Gasteiger partial charge in [-0.3, -0.25) is 0 Å². The maximum Gasteiger partial charge on any atom is 0.0456 e. The molecular weight excluding hydrogens is 335 g/mol. The number of hydrogen-bond donors (Lipinski definition) is 3. The quantitative estimate of drug-likeness (QED) is 0.535. The summed E-state index contributed by atoms with van der Waals surface area (Å²) in [7, 11) is 0. The Balaban J connectivity index is 0.000000172. The van der Waals surface area contributed by atoms with Gasteiger partial charge >= 0.3 is 0 Å². The van der Waals surface area contributed by atoms with Crippen molar-refractivity contribution in [2.45, 2.75) is 24.3 Å². The Labute approximate surface area is 146 Å². The van der Waals surface area contributed by atoms with Gasteiger partial charge in [0.1, 0.15) is 0 Å². The monoisotopic (exact) mass is 352 g/mol. The van der Waals surface area contributed by atoms with E-state index in [9.17, 15) is 0 Å². The summed E-state index contributed by atoms with van der Waals surface area (Å²) in [6, 6.07) is 13.7. The number of halogens is 2. The van der Waals surface area contributed by atoms with Crippen LogP contribution in [0, 0.1) is 0 Å². The van der Waals surface area contributed by atoms with Crippen LogP contribution in [0.25, 0.3) is 10.9 Å². The van der Waals surface area contributed by atoms with E-state index < -0.39 is 0 Å². The van der Waals surface area contributed by atoms with E-state index in [1.54, 1.807) is 18.2 Å². The van der Waals surface area contributed by atoms with Gasteiger partial charge in [0.15, 0.2) is 0 Å². The predicted octanol–water partition coefficient (Wildman–Crippen LogP) is 5.34. The molecule has 0 aliphatic rings. The van der Waals surface area contributed by atoms with Crippen LogP contribution in [0.4, 0.5) is 0 Å². The summed E-state index contributed by atoms with van der Waals surface area (Å²) >= 11 is 15.3. The number of para-hydroxylation sites is 1. The standard InChI is InChI=1S/C11H14N2.C6H4Cl2S/c1-8(12)6-9-7-13-11-5-3-2-4-10(9)11;7-4-1-5(8)3-6(9)2-4/h2-5,7-8,13H,6,12H2,1H3;1-3,9H. The van der Waals surface area contributed by atoms with Gasteiger partial charge < -0.3 is 10.7 Å². The molecule has 0 radical (unpaired) electrons. The maximum absolute atomic E-state index is 5.76. The Morgan fingerprint density at radius 3 is 2.36 bits per heavy atom. The zero-order chi connectivity index (χ0) is 16.1. The Bertz CT molecular complexity index is 703. The number of aromatic nitrogens is 1. The molecular formula is C17H18Cl2N2S. The highest BCUT2D eigenvalue weighted by Crippen LogP contribution is 2.20. The molecule has 3 N–H and O–H groups in total. The second-order valence-electron chi connectivity index (χ2n) is 5.17. The largest absolute Gasteiger partial charge is 0.361 e. The Morgan fingerprint density at radius 1 is 1.14 bits per heavy atom. The highest BCUT2D eigenvalue weighted by Gasteiger charge is 2.04. The molecule has 2 nitrogen and oxygen atoms in total. The molecule has 0 bridgehead atoms. The molecule has 0 fully saturated rings. The summed E-state index contributed by atoms with van der Waals surface area (Å²) in [6.45, 7) is 2.03. The molecule has 0 aliphatic heterocycles. The molecule has 2 aromatic carbocycles. The van der Waals surface area contributed by atoms with Crippen LogP contribution in [0.3, 0.4) is 0 Å². The van der Waals surface area contributed by atoms with Gasteiger partial charge in [-0.1, -0.05) is 41.4 Å². The van der Waals surface area contributed by atoms with Crippen molar-refractivity contribution in [3.63, 3.8) is 0 Å². The molecule has 116 valence electrons. The van der Waals surface area contributed by atoms with Crippen molar-refractivity contribution in [1.82, 2.24) is 4.98 Å². The fraction of sp³-hybridized carbons (Fsp3) is 0.176. The van der Waals surface area contributed by atoms with E-state index in [1.165, 1.54) is 16.5 Å². The van der Waals surface area contributed by atoms with E-state index in [1.807, 2.05) is 19.2 Å². The number of thiol groups is 1. The first-order valence-electron chi connectivity index (χ1n) is 6.91. The summed E-state index contributed by atoms with van der Waals surface area (Å²) in [5.41, 5.74) is 8.26. The molecule has 1 heterocycles. The zero-order valence-corrected chi connectivity index (χ0v) is 14.6. The van der Waals surface area contributed by atoms with Crippen molar-refractivity contribution in [2.24, 2.45) is 5.73 Å². The highest BCUT2D eigenvalue weighted by atomic mass is 35.5. The van der Waals surface area contributed by atoms with Crippen LogP contribution in [0.5, 0.6) is 0 Å². The van der Waals surface area contributed by atoms with Gasteiger partial charge in [0.05, 0.1) is 0 Å². The second-order valence-corrected chi connectivity index (χ2v) is 6.56. The predicted molar refractivity (Wildman–Crippen MR) is 99.4 cm³/mol. The first kappa shape index (κ1) is 17.2. The van der Waals surface area contributed by atoms with E-state index in [2.05, 4.69) is 35.8 Å². The van der Waals surface area contributed by atoms with Crippen molar-refractivity contribution in [1.29, 1.82) is 0 Å². The number of nitrogens with two attached hydrogens (primary N) is 1. The van der Waals surface area contributed by atoms with Crippen LogP contribution in [-0.4, -0.2) is 11.0 Å². The lowest BCUT2D eigenvalue weighted by Crippen LogP contribution is -2.17. The van der Waals surface area contributed by atoms with Crippen LogP contribution < -0.4 is 5.73 Å². The van der Waals surface area contributed by atoms with Crippen LogP contribution >= 0.6 is 35.8 Å². The second kappa shape index (κ2) is 7.93. The molecule has 0 aliphatic carbocycles. The van der Waals surface area contributed by atoms with Gasteiger partial charge in [0.2, 0.25) is 0 Å². The minimum atomic E-state index is 0.221. The average Bonchev–Trinajstić information content (AvgIpc) is 2.81. The number of benzene rings is 2. The lowest BCUT2D eigenvalue weighted by molar-refractivity contribution is 0.741. The molecule has 1 unspecified atom stereocenters. The number of H-pyrrole nitrogens is 1. The maximum atomic E-state index is 5.76. The van der Waals surface area contributed by atoms with Gasteiger partial charge in [-0.25, -0.2) is 0 Å². The van der Waals surface area contributed by atoms with Gasteiger partial charge in [0, 0.05) is 38.1 Å². The van der Waals surface area contributed by atoms with E-state index in [0.29, 0.717) is 10.0 Å². The van der Waals surface area contributed by atoms with Crippen molar-refractivity contribution >= 4 is 46.7 Å². The molecule has 0 saturated heterocycles. The molecule has 3 aromatic rings. The SMILES string of the molecule is CC(N)Cc1c[nH]c2ccccc12.Sc1cc(Cl)cc(Cl)c1. The van der Waals surface area contributed by atoms with Gasteiger partial charge in [-0.15, -0.1) is 12.6 Å². The highest BCUT2D eigenvalue weighted by molar-refractivity contribution is 7.80. The van der Waals surface area contributed by atoms with Gasteiger partial charge in [0.25, 0.3) is 0 Å². The van der Waals surface area contributed by atoms with Gasteiger partial charge in [-0.2, -0.15) is 0 Å². The normalized spacial score (nSPS) is 11.9. The lowest BCUT2D eigenvalue weighted by atomic mass is 10.1. The summed E-state index contributed by atoms with van der Waals surface area (Å²) < 4.78 is 0. The summed E-state index contributed by atoms with van der Waals surface area (Å²) in [6.07, 6.45) is 2.98. The fourth-order valence-corrected chi connectivity index (χ4v) is 3.14. The fourth-order valence-electron chi connectivity index (χ4n) is 2.19. The van der Waals surface area contributed by atoms with Crippen molar-refractivity contribution in [2.75, 3.05) is 0 Å². The summed E-state index contributed by atoms with van der Waals surface area (Å²) in [5, 5.41) is 2.53. The minimum absolute atomic E-state index is 0.221. The number of nitrogens with one attached hydrogen (secondary N) is 1. The third-order valence-corrected chi connectivity index (χ3v) is 3.76. The third kappa shape index (κ3) is 4.96. The Morgan fingerprint density at radius 2 is 1.77 bits per heavy atom. The average molecular weight is 353 g/mol.